The van der Waals surface area contributed by atoms with Crippen LogP contribution in [0.4, 0.5) is 4.79 Å². The molecule has 1 aliphatic heterocycles. The summed E-state index contributed by atoms with van der Waals surface area (Å²) in [4.78, 5) is 12.9. The first-order valence-corrected chi connectivity index (χ1v) is 3.97. The van der Waals surface area contributed by atoms with Gasteiger partial charge in [-0.05, 0) is 27.2 Å². The van der Waals surface area contributed by atoms with Gasteiger partial charge in [0.05, 0.1) is 0 Å². The van der Waals surface area contributed by atoms with E-state index in [9.17, 15) is 4.79 Å². The van der Waals surface area contributed by atoms with E-state index >= 15 is 0 Å². The Bertz CT molecular complexity index is 161. The molecule has 12 heavy (non-hydrogen) atoms. The quantitative estimate of drug-likeness (QED) is 0.583. The molecule has 0 aliphatic carbocycles. The summed E-state index contributed by atoms with van der Waals surface area (Å²) < 4.78 is 5.13. The molecule has 1 fully saturated rings. The third kappa shape index (κ3) is 3.53. The molecule has 0 unspecified atom stereocenters. The molecule has 0 aromatic rings. The molecule has 1 aliphatic rings. The fraction of sp³-hybridized carbons (Fsp3) is 0.875. The van der Waals surface area contributed by atoms with Gasteiger partial charge in [0.1, 0.15) is 5.60 Å². The minimum Gasteiger partial charge on any atom is -0.444 e. The van der Waals surface area contributed by atoms with Crippen molar-refractivity contribution in [3.63, 3.8) is 0 Å². The van der Waals surface area contributed by atoms with Crippen LogP contribution >= 0.6 is 0 Å². The molecule has 0 bridgehead atoms. The molecule has 0 aromatic carbocycles. The zero-order valence-corrected chi connectivity index (χ0v) is 11.1. The number of nitrogens with zero attached hydrogens (tertiary/aromatic N) is 1. The maximum absolute atomic E-state index is 11.1. The van der Waals surface area contributed by atoms with Crippen LogP contribution in [-0.2, 0) is 24.2 Å². The SMILES string of the molecule is CC(C)(C)OC(=O)N1CCC1.[Zn]. The number of likely N-dealkylation sites (tertiary alicyclic amines) is 1. The summed E-state index contributed by atoms with van der Waals surface area (Å²) >= 11 is 0. The van der Waals surface area contributed by atoms with Crippen molar-refractivity contribution in [3.8, 4) is 0 Å². The molecular weight excluding hydrogens is 207 g/mol. The fourth-order valence-corrected chi connectivity index (χ4v) is 0.825. The van der Waals surface area contributed by atoms with Crippen LogP contribution in [0.1, 0.15) is 27.2 Å². The number of ether oxygens (including phenoxy) is 1. The van der Waals surface area contributed by atoms with E-state index in [4.69, 9.17) is 4.74 Å². The van der Waals surface area contributed by atoms with E-state index in [0.29, 0.717) is 0 Å². The maximum atomic E-state index is 11.1. The van der Waals surface area contributed by atoms with Crippen LogP contribution in [0.25, 0.3) is 0 Å². The summed E-state index contributed by atoms with van der Waals surface area (Å²) in [5.41, 5.74) is -0.354. The molecule has 0 atom stereocenters. The third-order valence-corrected chi connectivity index (χ3v) is 1.51. The van der Waals surface area contributed by atoms with Crippen molar-refractivity contribution in [2.75, 3.05) is 13.1 Å². The molecule has 1 heterocycles. The van der Waals surface area contributed by atoms with Crippen LogP contribution in [-0.4, -0.2) is 29.7 Å². The fourth-order valence-electron chi connectivity index (χ4n) is 0.825. The molecule has 1 saturated heterocycles. The van der Waals surface area contributed by atoms with Gasteiger partial charge in [-0.1, -0.05) is 0 Å². The number of carbonyl (C=O) groups excluding carboxylic acids is 1. The largest absolute Gasteiger partial charge is 0.444 e. The number of hydrogen-bond donors (Lipinski definition) is 0. The summed E-state index contributed by atoms with van der Waals surface area (Å²) in [6.45, 7) is 7.35. The van der Waals surface area contributed by atoms with Crippen molar-refractivity contribution < 1.29 is 29.0 Å². The third-order valence-electron chi connectivity index (χ3n) is 1.51. The van der Waals surface area contributed by atoms with Crippen LogP contribution < -0.4 is 0 Å². The minimum absolute atomic E-state index is 0. The number of rotatable bonds is 0. The first kappa shape index (κ1) is 11.9. The van der Waals surface area contributed by atoms with E-state index in [-0.39, 0.29) is 31.2 Å². The second kappa shape index (κ2) is 4.22. The van der Waals surface area contributed by atoms with Crippen molar-refractivity contribution in [3.05, 3.63) is 0 Å². The minimum atomic E-state index is -0.354. The summed E-state index contributed by atoms with van der Waals surface area (Å²) in [7, 11) is 0. The average molecular weight is 223 g/mol. The monoisotopic (exact) mass is 221 g/mol. The number of hydrogen-bond acceptors (Lipinski definition) is 2. The van der Waals surface area contributed by atoms with Gasteiger partial charge < -0.3 is 9.64 Å². The zero-order chi connectivity index (χ0) is 8.48. The first-order valence-electron chi connectivity index (χ1n) is 3.97. The summed E-state index contributed by atoms with van der Waals surface area (Å²) in [5.74, 6) is 0. The second-order valence-corrected chi connectivity index (χ2v) is 3.82. The Labute approximate surface area is 86.2 Å². The Kier molecular flexibility index (Phi) is 4.18. The van der Waals surface area contributed by atoms with Crippen LogP contribution in [0.2, 0.25) is 0 Å². The van der Waals surface area contributed by atoms with E-state index in [1.165, 1.54) is 0 Å². The molecular formula is C8H15NO2Zn. The average Bonchev–Trinajstić information content (AvgIpc) is 1.50. The van der Waals surface area contributed by atoms with Crippen molar-refractivity contribution in [2.24, 2.45) is 0 Å². The van der Waals surface area contributed by atoms with Gasteiger partial charge in [0, 0.05) is 32.6 Å². The Morgan fingerprint density at radius 2 is 1.83 bits per heavy atom. The normalized spacial score (nSPS) is 16.1. The van der Waals surface area contributed by atoms with Gasteiger partial charge in [-0.25, -0.2) is 4.79 Å². The molecule has 0 spiro atoms. The van der Waals surface area contributed by atoms with Crippen LogP contribution in [0, 0.1) is 0 Å². The van der Waals surface area contributed by atoms with Gasteiger partial charge >= 0.3 is 6.09 Å². The molecule has 4 heteroatoms. The Morgan fingerprint density at radius 3 is 2.08 bits per heavy atom. The molecule has 1 rings (SSSR count). The molecule has 66 valence electrons. The Balaban J connectivity index is 0.00000121. The predicted octanol–water partition coefficient (Wildman–Crippen LogP) is 1.62. The zero-order valence-electron chi connectivity index (χ0n) is 8.09. The summed E-state index contributed by atoms with van der Waals surface area (Å²) in [6, 6.07) is 0. The van der Waals surface area contributed by atoms with Crippen LogP contribution in [0.3, 0.4) is 0 Å². The Hall–Kier alpha value is -0.107. The van der Waals surface area contributed by atoms with Crippen molar-refractivity contribution >= 4 is 6.09 Å². The Morgan fingerprint density at radius 1 is 1.33 bits per heavy atom. The van der Waals surface area contributed by atoms with Gasteiger partial charge in [-0.15, -0.1) is 0 Å². The van der Waals surface area contributed by atoms with E-state index < -0.39 is 0 Å². The predicted molar refractivity (Wildman–Crippen MR) is 42.4 cm³/mol. The van der Waals surface area contributed by atoms with Gasteiger partial charge in [0.15, 0.2) is 0 Å². The molecule has 0 saturated carbocycles. The van der Waals surface area contributed by atoms with Gasteiger partial charge in [0.2, 0.25) is 0 Å². The van der Waals surface area contributed by atoms with Crippen molar-refractivity contribution in [1.29, 1.82) is 0 Å². The number of carbonyl (C=O) groups is 1. The van der Waals surface area contributed by atoms with Crippen molar-refractivity contribution in [1.82, 2.24) is 4.90 Å². The summed E-state index contributed by atoms with van der Waals surface area (Å²) in [6.07, 6.45) is 0.933. The smallest absolute Gasteiger partial charge is 0.410 e. The molecule has 0 aromatic heterocycles. The van der Waals surface area contributed by atoms with E-state index in [0.717, 1.165) is 19.5 Å². The van der Waals surface area contributed by atoms with Gasteiger partial charge in [0.25, 0.3) is 0 Å². The van der Waals surface area contributed by atoms with Gasteiger partial charge in [-0.3, -0.25) is 0 Å². The molecule has 0 N–H and O–H groups in total. The van der Waals surface area contributed by atoms with E-state index in [2.05, 4.69) is 0 Å². The summed E-state index contributed by atoms with van der Waals surface area (Å²) in [5, 5.41) is 0. The van der Waals surface area contributed by atoms with Crippen LogP contribution in [0.15, 0.2) is 0 Å². The van der Waals surface area contributed by atoms with Gasteiger partial charge in [-0.2, -0.15) is 0 Å². The van der Waals surface area contributed by atoms with E-state index in [1.807, 2.05) is 20.8 Å². The molecule has 0 radical (unpaired) electrons. The first-order chi connectivity index (χ1) is 4.99. The topological polar surface area (TPSA) is 29.5 Å². The molecule has 1 amide bonds. The molecule has 3 nitrogen and oxygen atoms in total. The maximum Gasteiger partial charge on any atom is 0.410 e. The standard InChI is InChI=1S/C8H15NO2.Zn/c1-8(2,3)11-7(10)9-5-4-6-9;/h4-6H2,1-3H3;. The van der Waals surface area contributed by atoms with E-state index in [1.54, 1.807) is 4.90 Å². The number of amides is 1. The van der Waals surface area contributed by atoms with Crippen LogP contribution in [0.5, 0.6) is 0 Å². The second-order valence-electron chi connectivity index (χ2n) is 3.82. The van der Waals surface area contributed by atoms with Crippen molar-refractivity contribution in [2.45, 2.75) is 32.8 Å².